The van der Waals surface area contributed by atoms with E-state index in [0.717, 1.165) is 33.1 Å². The van der Waals surface area contributed by atoms with Crippen LogP contribution in [-0.2, 0) is 0 Å². The normalized spacial score (nSPS) is 19.2. The van der Waals surface area contributed by atoms with Gasteiger partial charge in [0.25, 0.3) is 0 Å². The molecule has 6 aromatic rings. The fourth-order valence-corrected chi connectivity index (χ4v) is 5.65. The van der Waals surface area contributed by atoms with Crippen LogP contribution in [0, 0.1) is 11.3 Å². The average molecular weight is 506 g/mol. The Bertz CT molecular complexity index is 1750. The highest BCUT2D eigenvalue weighted by molar-refractivity contribution is 6.09. The summed E-state index contributed by atoms with van der Waals surface area (Å²) in [6.07, 6.45) is -0.0601. The second-order valence-corrected chi connectivity index (χ2v) is 9.91. The summed E-state index contributed by atoms with van der Waals surface area (Å²) in [6.45, 7) is 0. The maximum absolute atomic E-state index is 9.46. The lowest BCUT2D eigenvalue weighted by molar-refractivity contribution is 0.203. The minimum absolute atomic E-state index is 0.00556. The highest BCUT2D eigenvalue weighted by Gasteiger charge is 2.29. The molecule has 5 heteroatoms. The van der Waals surface area contributed by atoms with Gasteiger partial charge < -0.3 is 4.57 Å². The molecule has 0 bridgehead atoms. The first-order valence-electron chi connectivity index (χ1n) is 13.2. The molecule has 39 heavy (non-hydrogen) atoms. The van der Waals surface area contributed by atoms with Gasteiger partial charge in [-0.1, -0.05) is 91.0 Å². The predicted molar refractivity (Wildman–Crippen MR) is 156 cm³/mol. The molecule has 0 amide bonds. The number of hydrogen-bond acceptors (Lipinski definition) is 4. The number of aromatic nitrogens is 1. The van der Waals surface area contributed by atoms with Gasteiger partial charge in [-0.3, -0.25) is 16.0 Å². The average Bonchev–Trinajstić information content (AvgIpc) is 3.35. The van der Waals surface area contributed by atoms with E-state index in [-0.39, 0.29) is 18.5 Å². The lowest BCUT2D eigenvalue weighted by Crippen LogP contribution is -2.54. The number of nitrogens with one attached hydrogen (secondary N) is 3. The third-order valence-corrected chi connectivity index (χ3v) is 7.55. The number of nitrogens with zero attached hydrogens (tertiary/aromatic N) is 2. The molecule has 7 rings (SSSR count). The maximum Gasteiger partial charge on any atom is 0.0991 e. The molecule has 1 aliphatic rings. The smallest absolute Gasteiger partial charge is 0.0991 e. The lowest BCUT2D eigenvalue weighted by atomic mass is 10.0. The van der Waals surface area contributed by atoms with Crippen molar-refractivity contribution in [2.45, 2.75) is 18.5 Å². The number of rotatable bonds is 4. The van der Waals surface area contributed by atoms with Gasteiger partial charge in [0, 0.05) is 16.5 Å². The van der Waals surface area contributed by atoms with Crippen molar-refractivity contribution in [2.24, 2.45) is 0 Å². The lowest BCUT2D eigenvalue weighted by Gasteiger charge is -2.39. The van der Waals surface area contributed by atoms with Crippen molar-refractivity contribution in [1.82, 2.24) is 20.5 Å². The summed E-state index contributed by atoms with van der Waals surface area (Å²) in [6, 6.07) is 46.3. The largest absolute Gasteiger partial charge is 0.309 e. The van der Waals surface area contributed by atoms with Crippen molar-refractivity contribution in [3.63, 3.8) is 0 Å². The summed E-state index contributed by atoms with van der Waals surface area (Å²) in [5.41, 5.74) is 7.53. The van der Waals surface area contributed by atoms with Gasteiger partial charge >= 0.3 is 0 Å². The van der Waals surface area contributed by atoms with Gasteiger partial charge in [-0.2, -0.15) is 5.26 Å². The highest BCUT2D eigenvalue weighted by atomic mass is 15.4. The van der Waals surface area contributed by atoms with Crippen LogP contribution in [0.25, 0.3) is 27.5 Å². The monoisotopic (exact) mass is 505 g/mol. The van der Waals surface area contributed by atoms with Crippen molar-refractivity contribution >= 4 is 21.8 Å². The molecule has 0 aliphatic carbocycles. The van der Waals surface area contributed by atoms with E-state index in [1.807, 2.05) is 30.3 Å². The second kappa shape index (κ2) is 9.86. The Morgan fingerprint density at radius 3 is 1.62 bits per heavy atom. The molecule has 1 aromatic heterocycles. The molecule has 2 unspecified atom stereocenters. The Morgan fingerprint density at radius 2 is 1.03 bits per heavy atom. The molecular formula is C34H27N5. The van der Waals surface area contributed by atoms with Crippen LogP contribution in [0.15, 0.2) is 127 Å². The van der Waals surface area contributed by atoms with E-state index in [2.05, 4.69) is 124 Å². The zero-order valence-corrected chi connectivity index (χ0v) is 21.3. The highest BCUT2D eigenvalue weighted by Crippen LogP contribution is 2.33. The summed E-state index contributed by atoms with van der Waals surface area (Å²) in [5, 5.41) is 22.9. The van der Waals surface area contributed by atoms with Crippen LogP contribution in [0.5, 0.6) is 0 Å². The van der Waals surface area contributed by atoms with E-state index in [1.165, 1.54) is 11.1 Å². The Morgan fingerprint density at radius 1 is 0.513 bits per heavy atom. The standard InChI is InChI=1S/C34H27N5/c35-22-23-15-20-31-29(21-23)28-13-7-8-14-30(28)39(31)27-18-16-26(17-19-27)34-37-32(24-9-3-1-4-10-24)36-33(38-34)25-11-5-2-6-12-25/h1-21,32-34,36-38H. The molecule has 5 aromatic carbocycles. The van der Waals surface area contributed by atoms with Crippen LogP contribution in [-0.4, -0.2) is 4.57 Å². The number of fused-ring (bicyclic) bond motifs is 3. The Balaban J connectivity index is 1.26. The SMILES string of the molecule is N#Cc1ccc2c(c1)c1ccccc1n2-c1ccc(C2NC(c3ccccc3)NC(c3ccccc3)N2)cc1. The molecule has 0 spiro atoms. The van der Waals surface area contributed by atoms with Gasteiger partial charge in [0.2, 0.25) is 0 Å². The molecule has 0 radical (unpaired) electrons. The molecule has 3 N–H and O–H groups in total. The fourth-order valence-electron chi connectivity index (χ4n) is 5.65. The van der Waals surface area contributed by atoms with Gasteiger partial charge in [0.15, 0.2) is 0 Å². The van der Waals surface area contributed by atoms with E-state index in [4.69, 9.17) is 0 Å². The molecule has 2 heterocycles. The molecule has 1 aliphatic heterocycles. The molecule has 2 atom stereocenters. The molecular weight excluding hydrogens is 478 g/mol. The first-order chi connectivity index (χ1) is 19.3. The molecule has 188 valence electrons. The van der Waals surface area contributed by atoms with E-state index in [0.29, 0.717) is 5.56 Å². The van der Waals surface area contributed by atoms with Gasteiger partial charge in [-0.05, 0) is 53.1 Å². The summed E-state index contributed by atoms with van der Waals surface area (Å²) >= 11 is 0. The Hall–Kier alpha value is -4.73. The number of benzene rings is 5. The summed E-state index contributed by atoms with van der Waals surface area (Å²) in [5.74, 6) is 0. The van der Waals surface area contributed by atoms with Gasteiger partial charge in [0.1, 0.15) is 0 Å². The van der Waals surface area contributed by atoms with E-state index >= 15 is 0 Å². The molecule has 5 nitrogen and oxygen atoms in total. The van der Waals surface area contributed by atoms with Crippen LogP contribution in [0.3, 0.4) is 0 Å². The molecule has 0 saturated carbocycles. The number of nitriles is 1. The second-order valence-electron chi connectivity index (χ2n) is 9.91. The third-order valence-electron chi connectivity index (χ3n) is 7.55. The van der Waals surface area contributed by atoms with Crippen LogP contribution < -0.4 is 16.0 Å². The van der Waals surface area contributed by atoms with Crippen molar-refractivity contribution < 1.29 is 0 Å². The van der Waals surface area contributed by atoms with Crippen LogP contribution in [0.4, 0.5) is 0 Å². The minimum Gasteiger partial charge on any atom is -0.309 e. The fraction of sp³-hybridized carbons (Fsp3) is 0.0882. The summed E-state index contributed by atoms with van der Waals surface area (Å²) in [7, 11) is 0. The van der Waals surface area contributed by atoms with Crippen LogP contribution >= 0.6 is 0 Å². The van der Waals surface area contributed by atoms with E-state index in [1.54, 1.807) is 0 Å². The van der Waals surface area contributed by atoms with E-state index < -0.39 is 0 Å². The zero-order chi connectivity index (χ0) is 26.2. The van der Waals surface area contributed by atoms with Crippen molar-refractivity contribution in [1.29, 1.82) is 5.26 Å². The van der Waals surface area contributed by atoms with Gasteiger partial charge in [0.05, 0.1) is 41.2 Å². The quantitative estimate of drug-likeness (QED) is 0.246. The van der Waals surface area contributed by atoms with Gasteiger partial charge in [-0.15, -0.1) is 0 Å². The first-order valence-corrected chi connectivity index (χ1v) is 13.2. The van der Waals surface area contributed by atoms with Crippen molar-refractivity contribution in [3.8, 4) is 11.8 Å². The maximum atomic E-state index is 9.46. The zero-order valence-electron chi connectivity index (χ0n) is 21.3. The first kappa shape index (κ1) is 23.4. The molecule has 1 saturated heterocycles. The van der Waals surface area contributed by atoms with Crippen molar-refractivity contribution in [2.75, 3.05) is 0 Å². The summed E-state index contributed by atoms with van der Waals surface area (Å²) < 4.78 is 2.28. The van der Waals surface area contributed by atoms with Crippen molar-refractivity contribution in [3.05, 3.63) is 150 Å². The third kappa shape index (κ3) is 4.27. The Labute approximate surface area is 227 Å². The predicted octanol–water partition coefficient (Wildman–Crippen LogP) is 6.83. The number of para-hydroxylation sites is 1. The van der Waals surface area contributed by atoms with E-state index in [9.17, 15) is 5.26 Å². The van der Waals surface area contributed by atoms with Gasteiger partial charge in [-0.25, -0.2) is 0 Å². The Kier molecular flexibility index (Phi) is 5.92. The summed E-state index contributed by atoms with van der Waals surface area (Å²) in [4.78, 5) is 0. The molecule has 1 fully saturated rings. The topological polar surface area (TPSA) is 64.8 Å². The van der Waals surface area contributed by atoms with Crippen LogP contribution in [0.2, 0.25) is 0 Å². The minimum atomic E-state index is -0.0490. The van der Waals surface area contributed by atoms with Crippen LogP contribution in [0.1, 0.15) is 40.8 Å². The number of hydrogen-bond donors (Lipinski definition) is 3.